The second kappa shape index (κ2) is 6.95. The van der Waals surface area contributed by atoms with Gasteiger partial charge in [-0.3, -0.25) is 14.5 Å². The number of nitrogens with one attached hydrogen (secondary N) is 1. The van der Waals surface area contributed by atoms with E-state index >= 15 is 0 Å². The third-order valence-electron chi connectivity index (χ3n) is 4.26. The molecule has 1 atom stereocenters. The van der Waals surface area contributed by atoms with Crippen LogP contribution in [0.4, 0.5) is 11.4 Å². The quantitative estimate of drug-likeness (QED) is 0.646. The van der Waals surface area contributed by atoms with Gasteiger partial charge in [0.2, 0.25) is 11.8 Å². The van der Waals surface area contributed by atoms with Gasteiger partial charge in [0.1, 0.15) is 11.9 Å². The number of rotatable bonds is 5. The lowest BCUT2D eigenvalue weighted by Crippen LogP contribution is -2.60. The van der Waals surface area contributed by atoms with Gasteiger partial charge >= 0.3 is 0 Å². The zero-order chi connectivity index (χ0) is 18.9. The second-order valence-corrected chi connectivity index (χ2v) is 7.83. The summed E-state index contributed by atoms with van der Waals surface area (Å²) in [5.74, 6) is -0.368. The molecule has 0 saturated heterocycles. The number of nitrogens with zero attached hydrogens (tertiary/aromatic N) is 4. The van der Waals surface area contributed by atoms with E-state index in [0.717, 1.165) is 0 Å². The van der Waals surface area contributed by atoms with Crippen molar-refractivity contribution in [2.45, 2.75) is 43.3 Å². The van der Waals surface area contributed by atoms with Gasteiger partial charge in [-0.15, -0.1) is 16.8 Å². The first-order valence-corrected chi connectivity index (χ1v) is 9.14. The Hall–Kier alpha value is -2.61. The van der Waals surface area contributed by atoms with Gasteiger partial charge in [-0.25, -0.2) is 0 Å². The van der Waals surface area contributed by atoms with Crippen LogP contribution in [-0.4, -0.2) is 37.4 Å². The van der Waals surface area contributed by atoms with Gasteiger partial charge in [0.05, 0.1) is 16.6 Å². The number of amides is 2. The van der Waals surface area contributed by atoms with Crippen LogP contribution in [0.2, 0.25) is 0 Å². The third-order valence-corrected chi connectivity index (χ3v) is 5.35. The number of para-hydroxylation sites is 2. The summed E-state index contributed by atoms with van der Waals surface area (Å²) in [6.07, 6.45) is 3.35. The van der Waals surface area contributed by atoms with Crippen LogP contribution in [0.3, 0.4) is 0 Å². The summed E-state index contributed by atoms with van der Waals surface area (Å²) in [7, 11) is 0. The number of fused-ring (bicyclic) bond motifs is 1. The Morgan fingerprint density at radius 1 is 1.42 bits per heavy atom. The first-order chi connectivity index (χ1) is 12.4. The minimum absolute atomic E-state index is 0.157. The van der Waals surface area contributed by atoms with E-state index in [1.807, 2.05) is 29.7 Å². The van der Waals surface area contributed by atoms with Crippen molar-refractivity contribution in [1.29, 1.82) is 0 Å². The molecule has 0 unspecified atom stereocenters. The molecule has 0 saturated carbocycles. The van der Waals surface area contributed by atoms with Crippen LogP contribution in [0.5, 0.6) is 0 Å². The molecular weight excluding hydrogens is 350 g/mol. The van der Waals surface area contributed by atoms with Crippen molar-refractivity contribution >= 4 is 35.0 Å². The predicted molar refractivity (Wildman–Crippen MR) is 102 cm³/mol. The molecule has 3 rings (SSSR count). The molecule has 0 spiro atoms. The van der Waals surface area contributed by atoms with Crippen molar-refractivity contribution < 1.29 is 9.59 Å². The number of anilines is 2. The monoisotopic (exact) mass is 371 g/mol. The number of allylic oxidation sites excluding steroid dienone is 1. The van der Waals surface area contributed by atoms with Crippen molar-refractivity contribution in [3.05, 3.63) is 43.2 Å². The minimum atomic E-state index is -0.991. The second-order valence-electron chi connectivity index (χ2n) is 6.52. The Kier molecular flexibility index (Phi) is 4.86. The van der Waals surface area contributed by atoms with Crippen molar-refractivity contribution in [3.8, 4) is 0 Å². The highest BCUT2D eigenvalue weighted by molar-refractivity contribution is 8.00. The molecule has 136 valence electrons. The lowest BCUT2D eigenvalue weighted by molar-refractivity contribution is -0.126. The van der Waals surface area contributed by atoms with Crippen LogP contribution in [0.1, 0.15) is 20.8 Å². The number of carbonyl (C=O) groups is 2. The molecule has 8 heteroatoms. The molecule has 1 aromatic carbocycles. The smallest absolute Gasteiger partial charge is 0.250 e. The maximum atomic E-state index is 13.3. The van der Waals surface area contributed by atoms with E-state index in [1.54, 1.807) is 37.2 Å². The van der Waals surface area contributed by atoms with Gasteiger partial charge in [0.15, 0.2) is 5.16 Å². The van der Waals surface area contributed by atoms with Crippen molar-refractivity contribution in [2.75, 3.05) is 10.2 Å². The number of hydrogen-bond donors (Lipinski definition) is 1. The molecule has 0 aliphatic carbocycles. The first-order valence-electron chi connectivity index (χ1n) is 8.26. The van der Waals surface area contributed by atoms with E-state index in [2.05, 4.69) is 22.1 Å². The zero-order valence-corrected chi connectivity index (χ0v) is 15.8. The Morgan fingerprint density at radius 3 is 2.88 bits per heavy atom. The van der Waals surface area contributed by atoms with Crippen LogP contribution in [0.15, 0.2) is 48.4 Å². The molecule has 2 aromatic rings. The molecular formula is C18H21N5O2S. The molecule has 2 amide bonds. The highest BCUT2D eigenvalue weighted by atomic mass is 32.2. The zero-order valence-electron chi connectivity index (χ0n) is 15.0. The molecule has 2 heterocycles. The highest BCUT2D eigenvalue weighted by Gasteiger charge is 2.44. The molecule has 26 heavy (non-hydrogen) atoms. The molecule has 0 radical (unpaired) electrons. The lowest BCUT2D eigenvalue weighted by Gasteiger charge is -2.43. The summed E-state index contributed by atoms with van der Waals surface area (Å²) in [5, 5.41) is 11.0. The van der Waals surface area contributed by atoms with Gasteiger partial charge in [-0.1, -0.05) is 30.0 Å². The fraction of sp³-hybridized carbons (Fsp3) is 0.333. The van der Waals surface area contributed by atoms with Crippen LogP contribution in [-0.2, 0) is 16.1 Å². The summed E-state index contributed by atoms with van der Waals surface area (Å²) in [6.45, 7) is 9.58. The Bertz CT molecular complexity index is 861. The highest BCUT2D eigenvalue weighted by Crippen LogP contribution is 2.38. The molecule has 0 bridgehead atoms. The summed E-state index contributed by atoms with van der Waals surface area (Å²) >= 11 is 1.31. The number of aromatic nitrogens is 3. The van der Waals surface area contributed by atoms with Gasteiger partial charge in [0, 0.05) is 6.54 Å². The van der Waals surface area contributed by atoms with E-state index < -0.39 is 10.8 Å². The molecule has 1 N–H and O–H groups in total. The maximum absolute atomic E-state index is 13.3. The molecule has 1 aliphatic heterocycles. The van der Waals surface area contributed by atoms with Crippen LogP contribution in [0.25, 0.3) is 0 Å². The molecule has 1 aliphatic rings. The van der Waals surface area contributed by atoms with Crippen LogP contribution in [0, 0.1) is 0 Å². The van der Waals surface area contributed by atoms with Crippen LogP contribution < -0.4 is 10.2 Å². The van der Waals surface area contributed by atoms with E-state index in [9.17, 15) is 9.59 Å². The van der Waals surface area contributed by atoms with E-state index in [1.165, 1.54) is 11.8 Å². The normalized spacial score (nSPS) is 16.6. The molecule has 1 aromatic heterocycles. The Balaban J connectivity index is 1.91. The standard InChI is InChI=1S/C18H21N5O2S/c1-5-10-22-11-19-21-17(22)26-12(2)15(24)23-14-9-7-6-8-13(14)20-16(25)18(23,3)4/h5-9,11-12H,1,10H2,2-4H3,(H,20,25)/t12-/m1/s1. The van der Waals surface area contributed by atoms with Gasteiger partial charge in [-0.2, -0.15) is 0 Å². The van der Waals surface area contributed by atoms with Gasteiger partial charge in [-0.05, 0) is 32.9 Å². The van der Waals surface area contributed by atoms with Gasteiger partial charge in [0.25, 0.3) is 0 Å². The summed E-state index contributed by atoms with van der Waals surface area (Å²) in [4.78, 5) is 27.4. The summed E-state index contributed by atoms with van der Waals surface area (Å²) in [5.41, 5.74) is 0.342. The fourth-order valence-electron chi connectivity index (χ4n) is 2.84. The summed E-state index contributed by atoms with van der Waals surface area (Å²) in [6, 6.07) is 7.31. The molecule has 0 fully saturated rings. The van der Waals surface area contributed by atoms with Crippen molar-refractivity contribution in [1.82, 2.24) is 14.8 Å². The number of hydrogen-bond acceptors (Lipinski definition) is 5. The predicted octanol–water partition coefficient (Wildman–Crippen LogP) is 2.71. The fourth-order valence-corrected chi connectivity index (χ4v) is 3.71. The number of thioether (sulfide) groups is 1. The maximum Gasteiger partial charge on any atom is 0.250 e. The summed E-state index contributed by atoms with van der Waals surface area (Å²) < 4.78 is 1.82. The third kappa shape index (κ3) is 3.12. The lowest BCUT2D eigenvalue weighted by atomic mass is 9.96. The minimum Gasteiger partial charge on any atom is -0.322 e. The largest absolute Gasteiger partial charge is 0.322 e. The first kappa shape index (κ1) is 18.2. The SMILES string of the molecule is C=CCn1cnnc1S[C@H](C)C(=O)N1c2ccccc2NC(=O)C1(C)C. The average Bonchev–Trinajstić information content (AvgIpc) is 3.02. The average molecular weight is 371 g/mol. The molecule has 7 nitrogen and oxygen atoms in total. The number of carbonyl (C=O) groups excluding carboxylic acids is 2. The Labute approximate surface area is 156 Å². The van der Waals surface area contributed by atoms with Gasteiger partial charge < -0.3 is 9.88 Å². The van der Waals surface area contributed by atoms with E-state index in [4.69, 9.17) is 0 Å². The van der Waals surface area contributed by atoms with Crippen molar-refractivity contribution in [2.24, 2.45) is 0 Å². The van der Waals surface area contributed by atoms with Crippen LogP contribution >= 0.6 is 11.8 Å². The topological polar surface area (TPSA) is 80.1 Å². The van der Waals surface area contributed by atoms with Crippen molar-refractivity contribution in [3.63, 3.8) is 0 Å². The van der Waals surface area contributed by atoms with E-state index in [-0.39, 0.29) is 11.8 Å². The Morgan fingerprint density at radius 2 is 2.15 bits per heavy atom. The van der Waals surface area contributed by atoms with E-state index in [0.29, 0.717) is 23.1 Å². The number of benzene rings is 1.